The van der Waals surface area contributed by atoms with Gasteiger partial charge in [-0.3, -0.25) is 4.90 Å². The third kappa shape index (κ3) is 3.38. The number of rotatable bonds is 4. The number of carbonyl (C=O) groups excluding carboxylic acids is 1. The molecule has 3 heterocycles. The van der Waals surface area contributed by atoms with E-state index in [0.717, 1.165) is 36.9 Å². The first-order valence-electron chi connectivity index (χ1n) is 8.89. The van der Waals surface area contributed by atoms with Crippen LogP contribution in [0, 0.1) is 0 Å². The van der Waals surface area contributed by atoms with Gasteiger partial charge in [-0.2, -0.15) is 0 Å². The van der Waals surface area contributed by atoms with E-state index in [1.807, 2.05) is 4.90 Å². The molecule has 1 aliphatic carbocycles. The molecule has 0 aromatic carbocycles. The molecule has 2 unspecified atom stereocenters. The molecule has 2 bridgehead atoms. The van der Waals surface area contributed by atoms with Crippen molar-refractivity contribution in [1.82, 2.24) is 20.1 Å². The van der Waals surface area contributed by atoms with Gasteiger partial charge in [-0.15, -0.1) is 11.3 Å². The molecule has 2 aliphatic heterocycles. The lowest BCUT2D eigenvalue weighted by molar-refractivity contribution is 0.188. The number of likely N-dealkylation sites (N-methyl/N-ethyl adjacent to an activating group) is 1. The SMILES string of the molecule is CN1C2CCC1CN(C(=O)NCCc1nc(C3CC3)cs1)CC2. The van der Waals surface area contributed by atoms with Crippen molar-refractivity contribution in [2.75, 3.05) is 26.7 Å². The van der Waals surface area contributed by atoms with Crippen molar-refractivity contribution in [3.63, 3.8) is 0 Å². The predicted molar refractivity (Wildman–Crippen MR) is 92.0 cm³/mol. The van der Waals surface area contributed by atoms with Crippen LogP contribution in [0.4, 0.5) is 4.79 Å². The lowest BCUT2D eigenvalue weighted by Gasteiger charge is -2.25. The number of urea groups is 1. The van der Waals surface area contributed by atoms with E-state index in [2.05, 4.69) is 27.6 Å². The lowest BCUT2D eigenvalue weighted by Crippen LogP contribution is -2.45. The van der Waals surface area contributed by atoms with E-state index in [1.54, 1.807) is 11.3 Å². The fourth-order valence-corrected chi connectivity index (χ4v) is 4.77. The number of amides is 2. The van der Waals surface area contributed by atoms with Crippen LogP contribution in [0.5, 0.6) is 0 Å². The summed E-state index contributed by atoms with van der Waals surface area (Å²) in [6.07, 6.45) is 7.08. The van der Waals surface area contributed by atoms with Crippen molar-refractivity contribution >= 4 is 17.4 Å². The summed E-state index contributed by atoms with van der Waals surface area (Å²) >= 11 is 1.74. The van der Waals surface area contributed by atoms with Crippen molar-refractivity contribution in [3.05, 3.63) is 16.1 Å². The average molecular weight is 334 g/mol. The first-order valence-corrected chi connectivity index (χ1v) is 9.77. The zero-order chi connectivity index (χ0) is 15.8. The van der Waals surface area contributed by atoms with Gasteiger partial charge in [0, 0.05) is 49.4 Å². The Hall–Kier alpha value is -1.14. The van der Waals surface area contributed by atoms with Crippen molar-refractivity contribution in [3.8, 4) is 0 Å². The van der Waals surface area contributed by atoms with Gasteiger partial charge < -0.3 is 10.2 Å². The van der Waals surface area contributed by atoms with E-state index in [1.165, 1.54) is 31.4 Å². The minimum Gasteiger partial charge on any atom is -0.338 e. The normalized spacial score (nSPS) is 28.0. The number of nitrogens with zero attached hydrogens (tertiary/aromatic N) is 3. The monoisotopic (exact) mass is 334 g/mol. The van der Waals surface area contributed by atoms with E-state index in [-0.39, 0.29) is 6.03 Å². The van der Waals surface area contributed by atoms with E-state index >= 15 is 0 Å². The molecule has 3 fully saturated rings. The summed E-state index contributed by atoms with van der Waals surface area (Å²) in [5.41, 5.74) is 1.27. The van der Waals surface area contributed by atoms with Gasteiger partial charge in [-0.1, -0.05) is 0 Å². The molecule has 1 saturated carbocycles. The zero-order valence-corrected chi connectivity index (χ0v) is 14.6. The summed E-state index contributed by atoms with van der Waals surface area (Å²) in [5.74, 6) is 0.721. The molecular weight excluding hydrogens is 308 g/mol. The Morgan fingerprint density at radius 3 is 2.96 bits per heavy atom. The second kappa shape index (κ2) is 6.40. The van der Waals surface area contributed by atoms with E-state index < -0.39 is 0 Å². The molecule has 126 valence electrons. The molecule has 1 N–H and O–H groups in total. The summed E-state index contributed by atoms with van der Waals surface area (Å²) in [4.78, 5) is 21.6. The molecule has 0 radical (unpaired) electrons. The molecule has 2 amide bonds. The number of likely N-dealkylation sites (tertiary alicyclic amines) is 1. The summed E-state index contributed by atoms with van der Waals surface area (Å²) in [5, 5.41) is 6.44. The topological polar surface area (TPSA) is 48.5 Å². The quantitative estimate of drug-likeness (QED) is 0.920. The van der Waals surface area contributed by atoms with Gasteiger partial charge in [0.25, 0.3) is 0 Å². The Bertz CT molecular complexity index is 571. The average Bonchev–Trinajstić information content (AvgIpc) is 3.20. The van der Waals surface area contributed by atoms with Crippen LogP contribution in [-0.4, -0.2) is 59.6 Å². The summed E-state index contributed by atoms with van der Waals surface area (Å²) in [7, 11) is 2.21. The standard InChI is InChI=1S/C17H26N4OS/c1-20-13-4-5-14(20)10-21(9-7-13)17(22)18-8-6-16-19-15(11-23-16)12-2-3-12/h11-14H,2-10H2,1H3,(H,18,22). The van der Waals surface area contributed by atoms with E-state index in [4.69, 9.17) is 0 Å². The van der Waals surface area contributed by atoms with Gasteiger partial charge in [0.2, 0.25) is 0 Å². The van der Waals surface area contributed by atoms with Crippen molar-refractivity contribution in [2.24, 2.45) is 0 Å². The predicted octanol–water partition coefficient (Wildman–Crippen LogP) is 2.44. The number of hydrogen-bond acceptors (Lipinski definition) is 4. The molecule has 3 aliphatic rings. The van der Waals surface area contributed by atoms with Crippen LogP contribution in [-0.2, 0) is 6.42 Å². The van der Waals surface area contributed by atoms with Gasteiger partial charge in [0.1, 0.15) is 0 Å². The second-order valence-corrected chi connectivity index (χ2v) is 8.15. The number of hydrogen-bond donors (Lipinski definition) is 1. The number of aromatic nitrogens is 1. The number of fused-ring (bicyclic) bond motifs is 2. The third-order valence-corrected chi connectivity index (χ3v) is 6.54. The maximum absolute atomic E-state index is 12.4. The Balaban J connectivity index is 1.24. The van der Waals surface area contributed by atoms with Crippen LogP contribution < -0.4 is 5.32 Å². The van der Waals surface area contributed by atoms with Crippen molar-refractivity contribution in [2.45, 2.75) is 56.5 Å². The molecule has 2 saturated heterocycles. The Morgan fingerprint density at radius 1 is 1.30 bits per heavy atom. The van der Waals surface area contributed by atoms with Crippen molar-refractivity contribution < 1.29 is 4.79 Å². The lowest BCUT2D eigenvalue weighted by atomic mass is 10.1. The Labute approximate surface area is 142 Å². The molecule has 6 heteroatoms. The molecule has 2 atom stereocenters. The van der Waals surface area contributed by atoms with Gasteiger partial charge in [0.05, 0.1) is 10.7 Å². The summed E-state index contributed by atoms with van der Waals surface area (Å²) in [6, 6.07) is 1.33. The minimum absolute atomic E-state index is 0.102. The fourth-order valence-electron chi connectivity index (χ4n) is 3.89. The Kier molecular flexibility index (Phi) is 4.28. The zero-order valence-electron chi connectivity index (χ0n) is 13.8. The molecule has 1 aromatic heterocycles. The molecule has 0 spiro atoms. The third-order valence-electron chi connectivity index (χ3n) is 5.62. The van der Waals surface area contributed by atoms with Gasteiger partial charge in [-0.05, 0) is 39.2 Å². The number of thiazole rings is 1. The molecule has 4 rings (SSSR count). The highest BCUT2D eigenvalue weighted by Crippen LogP contribution is 2.40. The molecule has 23 heavy (non-hydrogen) atoms. The maximum Gasteiger partial charge on any atom is 0.317 e. The van der Waals surface area contributed by atoms with E-state index in [9.17, 15) is 4.79 Å². The minimum atomic E-state index is 0.102. The first kappa shape index (κ1) is 15.4. The van der Waals surface area contributed by atoms with Crippen LogP contribution in [0.1, 0.15) is 48.7 Å². The van der Waals surface area contributed by atoms with Gasteiger partial charge in [-0.25, -0.2) is 9.78 Å². The maximum atomic E-state index is 12.4. The molecule has 5 nitrogen and oxygen atoms in total. The van der Waals surface area contributed by atoms with Crippen LogP contribution >= 0.6 is 11.3 Å². The smallest absolute Gasteiger partial charge is 0.317 e. The molecular formula is C17H26N4OS. The molecule has 1 aromatic rings. The summed E-state index contributed by atoms with van der Waals surface area (Å²) < 4.78 is 0. The fraction of sp³-hybridized carbons (Fsp3) is 0.765. The van der Waals surface area contributed by atoms with Crippen molar-refractivity contribution in [1.29, 1.82) is 0 Å². The number of carbonyl (C=O) groups is 1. The largest absolute Gasteiger partial charge is 0.338 e. The van der Waals surface area contributed by atoms with Crippen LogP contribution in [0.15, 0.2) is 5.38 Å². The highest BCUT2D eigenvalue weighted by molar-refractivity contribution is 7.09. The highest BCUT2D eigenvalue weighted by atomic mass is 32.1. The summed E-state index contributed by atoms with van der Waals surface area (Å²) in [6.45, 7) is 2.46. The van der Waals surface area contributed by atoms with E-state index in [0.29, 0.717) is 18.6 Å². The highest BCUT2D eigenvalue weighted by Gasteiger charge is 2.35. The van der Waals surface area contributed by atoms with Crippen LogP contribution in [0.3, 0.4) is 0 Å². The van der Waals surface area contributed by atoms with Crippen LogP contribution in [0.25, 0.3) is 0 Å². The van der Waals surface area contributed by atoms with Gasteiger partial charge >= 0.3 is 6.03 Å². The number of nitrogens with one attached hydrogen (secondary N) is 1. The first-order chi connectivity index (χ1) is 11.2. The van der Waals surface area contributed by atoms with Crippen LogP contribution in [0.2, 0.25) is 0 Å². The second-order valence-electron chi connectivity index (χ2n) is 7.21. The Morgan fingerprint density at radius 2 is 2.13 bits per heavy atom. The van der Waals surface area contributed by atoms with Gasteiger partial charge in [0.15, 0.2) is 0 Å².